The number of rotatable bonds is 3. The van der Waals surface area contributed by atoms with Crippen molar-refractivity contribution < 1.29 is 8.42 Å². The topological polar surface area (TPSA) is 111 Å². The zero-order valence-electron chi connectivity index (χ0n) is 8.16. The Labute approximate surface area is 106 Å². The minimum atomic E-state index is -3.74. The SMILES string of the molecule is Nc1ccc(S(=O)(=O)Nc2nnns2)cc1Cl. The lowest BCUT2D eigenvalue weighted by molar-refractivity contribution is 0.601. The highest BCUT2D eigenvalue weighted by atomic mass is 35.5. The minimum absolute atomic E-state index is 0.00750. The van der Waals surface area contributed by atoms with Gasteiger partial charge in [-0.2, -0.15) is 0 Å². The second-order valence-corrected chi connectivity index (χ2v) is 5.78. The predicted molar refractivity (Wildman–Crippen MR) is 64.4 cm³/mol. The Bertz CT molecular complexity index is 628. The summed E-state index contributed by atoms with van der Waals surface area (Å²) in [4.78, 5) is -0.00750. The third-order valence-corrected chi connectivity index (χ3v) is 4.11. The van der Waals surface area contributed by atoms with Crippen LogP contribution in [0, 0.1) is 0 Å². The van der Waals surface area contributed by atoms with Crippen molar-refractivity contribution in [3.63, 3.8) is 0 Å². The van der Waals surface area contributed by atoms with Crippen molar-refractivity contribution in [3.8, 4) is 0 Å². The summed E-state index contributed by atoms with van der Waals surface area (Å²) in [6.07, 6.45) is 0. The molecule has 0 aliphatic rings. The summed E-state index contributed by atoms with van der Waals surface area (Å²) >= 11 is 6.58. The van der Waals surface area contributed by atoms with Crippen molar-refractivity contribution in [3.05, 3.63) is 23.2 Å². The van der Waals surface area contributed by atoms with Crippen molar-refractivity contribution in [2.45, 2.75) is 4.90 Å². The highest BCUT2D eigenvalue weighted by Gasteiger charge is 2.17. The Morgan fingerprint density at radius 1 is 1.41 bits per heavy atom. The van der Waals surface area contributed by atoms with Gasteiger partial charge in [0.2, 0.25) is 5.13 Å². The molecule has 0 radical (unpaired) electrons. The number of anilines is 2. The number of aromatic nitrogens is 3. The summed E-state index contributed by atoms with van der Waals surface area (Å²) < 4.78 is 29.4. The normalized spacial score (nSPS) is 11.4. The molecule has 3 N–H and O–H groups in total. The summed E-state index contributed by atoms with van der Waals surface area (Å²) in [7, 11) is -3.74. The smallest absolute Gasteiger partial charge is 0.263 e. The van der Waals surface area contributed by atoms with E-state index in [0.29, 0.717) is 5.69 Å². The highest BCUT2D eigenvalue weighted by Crippen LogP contribution is 2.23. The first-order valence-electron chi connectivity index (χ1n) is 4.22. The van der Waals surface area contributed by atoms with E-state index in [2.05, 4.69) is 19.5 Å². The van der Waals surface area contributed by atoms with E-state index in [1.54, 1.807) is 0 Å². The van der Waals surface area contributed by atoms with E-state index < -0.39 is 10.0 Å². The summed E-state index contributed by atoms with van der Waals surface area (Å²) in [6.45, 7) is 0. The average Bonchev–Trinajstić information content (AvgIpc) is 2.73. The lowest BCUT2D eigenvalue weighted by atomic mass is 10.3. The molecule has 0 aliphatic carbocycles. The van der Waals surface area contributed by atoms with Crippen LogP contribution in [0.5, 0.6) is 0 Å². The third-order valence-electron chi connectivity index (χ3n) is 1.80. The van der Waals surface area contributed by atoms with E-state index in [1.807, 2.05) is 0 Å². The van der Waals surface area contributed by atoms with Gasteiger partial charge in [-0.05, 0) is 23.4 Å². The van der Waals surface area contributed by atoms with Crippen molar-refractivity contribution in [2.75, 3.05) is 10.5 Å². The van der Waals surface area contributed by atoms with E-state index in [-0.39, 0.29) is 15.0 Å². The quantitative estimate of drug-likeness (QED) is 0.815. The second-order valence-electron chi connectivity index (χ2n) is 2.96. The fraction of sp³-hybridized carbons (Fsp3) is 0. The van der Waals surface area contributed by atoms with Gasteiger partial charge < -0.3 is 5.73 Å². The zero-order valence-corrected chi connectivity index (χ0v) is 10.6. The van der Waals surface area contributed by atoms with Crippen LogP contribution in [-0.4, -0.2) is 23.2 Å². The van der Waals surface area contributed by atoms with Gasteiger partial charge in [-0.25, -0.2) is 8.42 Å². The highest BCUT2D eigenvalue weighted by molar-refractivity contribution is 7.93. The molecule has 0 saturated carbocycles. The summed E-state index contributed by atoms with van der Waals surface area (Å²) in [6, 6.07) is 4.01. The van der Waals surface area contributed by atoms with E-state index in [9.17, 15) is 8.42 Å². The number of benzene rings is 1. The molecule has 2 aromatic rings. The lowest BCUT2D eigenvalue weighted by Crippen LogP contribution is -2.13. The van der Waals surface area contributed by atoms with Crippen LogP contribution in [0.25, 0.3) is 0 Å². The van der Waals surface area contributed by atoms with Crippen LogP contribution in [0.15, 0.2) is 23.1 Å². The van der Waals surface area contributed by atoms with Crippen LogP contribution in [0.3, 0.4) is 0 Å². The standard InChI is InChI=1S/C7H6ClN5O2S2/c8-5-3-4(1-2-6(5)9)17(14,15)11-7-10-12-13-16-7/h1-3H,9H2,(H,10,11,13). The molecular formula is C7H6ClN5O2S2. The van der Waals surface area contributed by atoms with Gasteiger partial charge in [-0.15, -0.1) is 0 Å². The predicted octanol–water partition coefficient (Wildman–Crippen LogP) is 0.970. The third kappa shape index (κ3) is 2.62. The van der Waals surface area contributed by atoms with Crippen LogP contribution in [-0.2, 0) is 10.0 Å². The maximum atomic E-state index is 11.9. The van der Waals surface area contributed by atoms with Crippen LogP contribution >= 0.6 is 23.1 Å². The Hall–Kier alpha value is -1.45. The molecular weight excluding hydrogens is 286 g/mol. The second kappa shape index (κ2) is 4.43. The Kier molecular flexibility index (Phi) is 3.13. The number of nitrogens with two attached hydrogens (primary N) is 1. The van der Waals surface area contributed by atoms with Crippen molar-refractivity contribution >= 4 is 44.0 Å². The van der Waals surface area contributed by atoms with Gasteiger partial charge in [0.1, 0.15) is 0 Å². The summed E-state index contributed by atoms with van der Waals surface area (Å²) in [5, 5.41) is 7.00. The summed E-state index contributed by atoms with van der Waals surface area (Å²) in [5.41, 5.74) is 5.80. The van der Waals surface area contributed by atoms with Gasteiger partial charge in [-0.1, -0.05) is 21.2 Å². The van der Waals surface area contributed by atoms with Crippen LogP contribution in [0.4, 0.5) is 10.8 Å². The van der Waals surface area contributed by atoms with Crippen LogP contribution in [0.2, 0.25) is 5.02 Å². The molecule has 0 fully saturated rings. The van der Waals surface area contributed by atoms with Crippen molar-refractivity contribution in [1.29, 1.82) is 0 Å². The van der Waals surface area contributed by atoms with E-state index in [0.717, 1.165) is 11.5 Å². The molecule has 0 amide bonds. The van der Waals surface area contributed by atoms with Crippen LogP contribution < -0.4 is 10.5 Å². The minimum Gasteiger partial charge on any atom is -0.398 e. The van der Waals surface area contributed by atoms with E-state index >= 15 is 0 Å². The molecule has 1 heterocycles. The molecule has 7 nitrogen and oxygen atoms in total. The maximum absolute atomic E-state index is 11.9. The van der Waals surface area contributed by atoms with Gasteiger partial charge in [0.15, 0.2) is 0 Å². The molecule has 1 aromatic heterocycles. The molecule has 0 aliphatic heterocycles. The number of hydrogen-bond donors (Lipinski definition) is 2. The number of halogens is 1. The molecule has 0 unspecified atom stereocenters. The lowest BCUT2D eigenvalue weighted by Gasteiger charge is -2.05. The fourth-order valence-corrected chi connectivity index (χ4v) is 2.88. The average molecular weight is 292 g/mol. The first-order valence-corrected chi connectivity index (χ1v) is 6.85. The Morgan fingerprint density at radius 2 is 2.18 bits per heavy atom. The molecule has 0 saturated heterocycles. The van der Waals surface area contributed by atoms with E-state index in [1.165, 1.54) is 18.2 Å². The van der Waals surface area contributed by atoms with Crippen molar-refractivity contribution in [1.82, 2.24) is 14.8 Å². The van der Waals surface area contributed by atoms with Gasteiger partial charge in [0.05, 0.1) is 15.6 Å². The Morgan fingerprint density at radius 3 is 2.76 bits per heavy atom. The molecule has 2 rings (SSSR count). The Balaban J connectivity index is 2.35. The number of nitrogen functional groups attached to an aromatic ring is 1. The first-order chi connectivity index (χ1) is 7.99. The van der Waals surface area contributed by atoms with Gasteiger partial charge in [0, 0.05) is 11.5 Å². The number of hydrogen-bond acceptors (Lipinski definition) is 7. The monoisotopic (exact) mass is 291 g/mol. The molecule has 1 aromatic carbocycles. The maximum Gasteiger partial charge on any atom is 0.263 e. The molecule has 10 heteroatoms. The molecule has 0 bridgehead atoms. The van der Waals surface area contributed by atoms with Gasteiger partial charge >= 0.3 is 0 Å². The number of nitrogens with one attached hydrogen (secondary N) is 1. The number of sulfonamides is 1. The molecule has 0 atom stereocenters. The van der Waals surface area contributed by atoms with Gasteiger partial charge in [-0.3, -0.25) is 4.72 Å². The first kappa shape index (κ1) is 12.0. The summed E-state index contributed by atoms with van der Waals surface area (Å²) in [5.74, 6) is 0. The molecule has 0 spiro atoms. The molecule has 90 valence electrons. The van der Waals surface area contributed by atoms with Crippen molar-refractivity contribution in [2.24, 2.45) is 0 Å². The molecule has 17 heavy (non-hydrogen) atoms. The number of nitrogens with zero attached hydrogens (tertiary/aromatic N) is 3. The largest absolute Gasteiger partial charge is 0.398 e. The van der Waals surface area contributed by atoms with Crippen LogP contribution in [0.1, 0.15) is 0 Å². The van der Waals surface area contributed by atoms with E-state index in [4.69, 9.17) is 17.3 Å². The zero-order chi connectivity index (χ0) is 12.5. The fourth-order valence-electron chi connectivity index (χ4n) is 1.02. The van der Waals surface area contributed by atoms with Gasteiger partial charge in [0.25, 0.3) is 10.0 Å².